The molecule has 0 bridgehead atoms. The zero-order valence-corrected chi connectivity index (χ0v) is 8.62. The minimum absolute atomic E-state index is 0.742. The summed E-state index contributed by atoms with van der Waals surface area (Å²) in [7, 11) is 0. The molecule has 4 N–H and O–H groups in total. The second kappa shape index (κ2) is 4.04. The van der Waals surface area contributed by atoms with Gasteiger partial charge < -0.3 is 11.1 Å². The zero-order chi connectivity index (χ0) is 10.7. The summed E-state index contributed by atoms with van der Waals surface area (Å²) in [6.07, 6.45) is 0.950. The SMILES string of the molecule is CCc1cc(Nc2cccc(N)c2)n[nH]1. The van der Waals surface area contributed by atoms with Crippen molar-refractivity contribution in [2.75, 3.05) is 11.1 Å². The van der Waals surface area contributed by atoms with Gasteiger partial charge in [-0.05, 0) is 24.6 Å². The Kier molecular flexibility index (Phi) is 2.58. The predicted molar refractivity (Wildman–Crippen MR) is 62.1 cm³/mol. The van der Waals surface area contributed by atoms with E-state index < -0.39 is 0 Å². The summed E-state index contributed by atoms with van der Waals surface area (Å²) in [4.78, 5) is 0. The van der Waals surface area contributed by atoms with Crippen LogP contribution in [0, 0.1) is 0 Å². The third kappa shape index (κ3) is 2.28. The number of rotatable bonds is 3. The fourth-order valence-corrected chi connectivity index (χ4v) is 1.37. The summed E-state index contributed by atoms with van der Waals surface area (Å²) in [6, 6.07) is 9.58. The number of aromatic nitrogens is 2. The summed E-state index contributed by atoms with van der Waals surface area (Å²) >= 11 is 0. The van der Waals surface area contributed by atoms with Gasteiger partial charge in [0, 0.05) is 23.1 Å². The molecule has 1 aromatic carbocycles. The Balaban J connectivity index is 2.14. The monoisotopic (exact) mass is 202 g/mol. The van der Waals surface area contributed by atoms with E-state index in [4.69, 9.17) is 5.73 Å². The lowest BCUT2D eigenvalue weighted by Crippen LogP contribution is -1.92. The molecule has 1 heterocycles. The number of hydrogen-bond acceptors (Lipinski definition) is 3. The van der Waals surface area contributed by atoms with Gasteiger partial charge in [-0.3, -0.25) is 5.10 Å². The van der Waals surface area contributed by atoms with Gasteiger partial charge in [-0.15, -0.1) is 0 Å². The summed E-state index contributed by atoms with van der Waals surface area (Å²) in [5.41, 5.74) is 8.48. The van der Waals surface area contributed by atoms with Crippen LogP contribution < -0.4 is 11.1 Å². The van der Waals surface area contributed by atoms with Crippen molar-refractivity contribution >= 4 is 17.2 Å². The normalized spacial score (nSPS) is 10.2. The third-order valence-corrected chi connectivity index (χ3v) is 2.17. The molecule has 4 heteroatoms. The highest BCUT2D eigenvalue weighted by Gasteiger charge is 1.99. The van der Waals surface area contributed by atoms with Crippen LogP contribution in [-0.4, -0.2) is 10.2 Å². The van der Waals surface area contributed by atoms with E-state index in [0.29, 0.717) is 0 Å². The predicted octanol–water partition coefficient (Wildman–Crippen LogP) is 2.30. The van der Waals surface area contributed by atoms with Gasteiger partial charge in [-0.1, -0.05) is 13.0 Å². The van der Waals surface area contributed by atoms with Crippen molar-refractivity contribution in [2.45, 2.75) is 13.3 Å². The molecular formula is C11H14N4. The number of aryl methyl sites for hydroxylation is 1. The molecule has 1 aromatic heterocycles. The van der Waals surface area contributed by atoms with Crippen LogP contribution in [-0.2, 0) is 6.42 Å². The number of benzene rings is 1. The van der Waals surface area contributed by atoms with Crippen molar-refractivity contribution in [3.05, 3.63) is 36.0 Å². The minimum Gasteiger partial charge on any atom is -0.399 e. The van der Waals surface area contributed by atoms with E-state index in [0.717, 1.165) is 29.3 Å². The highest BCUT2D eigenvalue weighted by molar-refractivity contribution is 5.61. The van der Waals surface area contributed by atoms with Crippen LogP contribution in [0.2, 0.25) is 0 Å². The maximum atomic E-state index is 5.68. The molecule has 0 aliphatic rings. The molecule has 0 fully saturated rings. The van der Waals surface area contributed by atoms with Crippen LogP contribution in [0.1, 0.15) is 12.6 Å². The molecular weight excluding hydrogens is 188 g/mol. The van der Waals surface area contributed by atoms with Crippen molar-refractivity contribution in [3.8, 4) is 0 Å². The van der Waals surface area contributed by atoms with Gasteiger partial charge in [-0.2, -0.15) is 5.10 Å². The number of nitrogens with zero attached hydrogens (tertiary/aromatic N) is 1. The number of nitrogen functional groups attached to an aromatic ring is 1. The average Bonchev–Trinajstić information content (AvgIpc) is 2.65. The third-order valence-electron chi connectivity index (χ3n) is 2.17. The van der Waals surface area contributed by atoms with Gasteiger partial charge in [0.15, 0.2) is 5.82 Å². The highest BCUT2D eigenvalue weighted by atomic mass is 15.2. The molecule has 0 amide bonds. The summed E-state index contributed by atoms with van der Waals surface area (Å²) in [5, 5.41) is 10.3. The number of anilines is 3. The van der Waals surface area contributed by atoms with Crippen molar-refractivity contribution in [1.29, 1.82) is 0 Å². The quantitative estimate of drug-likeness (QED) is 0.669. The van der Waals surface area contributed by atoms with Crippen molar-refractivity contribution in [2.24, 2.45) is 0 Å². The van der Waals surface area contributed by atoms with Crippen LogP contribution in [0.25, 0.3) is 0 Å². The Bertz CT molecular complexity index is 447. The zero-order valence-electron chi connectivity index (χ0n) is 8.62. The molecule has 15 heavy (non-hydrogen) atoms. The van der Waals surface area contributed by atoms with Gasteiger partial charge in [0.25, 0.3) is 0 Å². The van der Waals surface area contributed by atoms with Crippen LogP contribution in [0.15, 0.2) is 30.3 Å². The van der Waals surface area contributed by atoms with Gasteiger partial charge in [-0.25, -0.2) is 0 Å². The second-order valence-corrected chi connectivity index (χ2v) is 3.38. The first-order valence-electron chi connectivity index (χ1n) is 4.95. The standard InChI is InChI=1S/C11H14N4/c1-2-9-7-11(15-14-9)13-10-5-3-4-8(12)6-10/h3-7H,2,12H2,1H3,(H2,13,14,15). The Hall–Kier alpha value is -1.97. The largest absolute Gasteiger partial charge is 0.399 e. The highest BCUT2D eigenvalue weighted by Crippen LogP contribution is 2.17. The molecule has 2 rings (SSSR count). The average molecular weight is 202 g/mol. The lowest BCUT2D eigenvalue weighted by Gasteiger charge is -2.02. The minimum atomic E-state index is 0.742. The smallest absolute Gasteiger partial charge is 0.152 e. The van der Waals surface area contributed by atoms with Crippen molar-refractivity contribution in [3.63, 3.8) is 0 Å². The molecule has 0 saturated carbocycles. The summed E-state index contributed by atoms with van der Waals surface area (Å²) < 4.78 is 0. The molecule has 0 radical (unpaired) electrons. The van der Waals surface area contributed by atoms with E-state index >= 15 is 0 Å². The van der Waals surface area contributed by atoms with Gasteiger partial charge in [0.1, 0.15) is 0 Å². The first-order chi connectivity index (χ1) is 7.28. The Morgan fingerprint density at radius 2 is 2.27 bits per heavy atom. The molecule has 0 spiro atoms. The Morgan fingerprint density at radius 1 is 1.40 bits per heavy atom. The fraction of sp³-hybridized carbons (Fsp3) is 0.182. The maximum Gasteiger partial charge on any atom is 0.152 e. The molecule has 0 atom stereocenters. The van der Waals surface area contributed by atoms with E-state index in [-0.39, 0.29) is 0 Å². The lowest BCUT2D eigenvalue weighted by atomic mass is 10.3. The Labute approximate surface area is 88.5 Å². The number of nitrogens with two attached hydrogens (primary N) is 1. The summed E-state index contributed by atoms with van der Waals surface area (Å²) in [6.45, 7) is 2.08. The first-order valence-corrected chi connectivity index (χ1v) is 4.95. The van der Waals surface area contributed by atoms with Gasteiger partial charge >= 0.3 is 0 Å². The van der Waals surface area contributed by atoms with Crippen molar-refractivity contribution in [1.82, 2.24) is 10.2 Å². The fourth-order valence-electron chi connectivity index (χ4n) is 1.37. The van der Waals surface area contributed by atoms with Crippen LogP contribution in [0.5, 0.6) is 0 Å². The van der Waals surface area contributed by atoms with Crippen LogP contribution >= 0.6 is 0 Å². The molecule has 0 saturated heterocycles. The lowest BCUT2D eigenvalue weighted by molar-refractivity contribution is 0.976. The first kappa shape index (κ1) is 9.58. The van der Waals surface area contributed by atoms with E-state index in [1.54, 1.807) is 0 Å². The van der Waals surface area contributed by atoms with E-state index in [1.165, 1.54) is 0 Å². The molecule has 2 aromatic rings. The number of nitrogens with one attached hydrogen (secondary N) is 2. The van der Waals surface area contributed by atoms with Crippen molar-refractivity contribution < 1.29 is 0 Å². The summed E-state index contributed by atoms with van der Waals surface area (Å²) in [5.74, 6) is 0.817. The van der Waals surface area contributed by atoms with Crippen LogP contribution in [0.4, 0.5) is 17.2 Å². The molecule has 4 nitrogen and oxygen atoms in total. The molecule has 0 aliphatic heterocycles. The van der Waals surface area contributed by atoms with E-state index in [2.05, 4.69) is 22.4 Å². The number of H-pyrrole nitrogens is 1. The number of hydrogen-bond donors (Lipinski definition) is 3. The van der Waals surface area contributed by atoms with Gasteiger partial charge in [0.05, 0.1) is 0 Å². The molecule has 0 unspecified atom stereocenters. The van der Waals surface area contributed by atoms with E-state index in [1.807, 2.05) is 30.3 Å². The molecule has 78 valence electrons. The van der Waals surface area contributed by atoms with Crippen LogP contribution in [0.3, 0.4) is 0 Å². The topological polar surface area (TPSA) is 66.7 Å². The molecule has 0 aliphatic carbocycles. The van der Waals surface area contributed by atoms with Gasteiger partial charge in [0.2, 0.25) is 0 Å². The maximum absolute atomic E-state index is 5.68. The Morgan fingerprint density at radius 3 is 2.93 bits per heavy atom. The van der Waals surface area contributed by atoms with E-state index in [9.17, 15) is 0 Å². The number of aromatic amines is 1. The second-order valence-electron chi connectivity index (χ2n) is 3.38.